The van der Waals surface area contributed by atoms with Gasteiger partial charge in [0.25, 0.3) is 0 Å². The zero-order chi connectivity index (χ0) is 42.2. The van der Waals surface area contributed by atoms with Crippen LogP contribution in [0.5, 0.6) is 0 Å². The number of carbonyl (C=O) groups is 5. The van der Waals surface area contributed by atoms with E-state index in [1.54, 1.807) is 13.8 Å². The molecule has 6 aliphatic carbocycles. The lowest BCUT2D eigenvalue weighted by Gasteiger charge is -2.69. The minimum absolute atomic E-state index is 0.0253. The van der Waals surface area contributed by atoms with Crippen molar-refractivity contribution in [2.45, 2.75) is 145 Å². The Labute approximate surface area is 348 Å². The minimum atomic E-state index is -1.06. The average Bonchev–Trinajstić information content (AvgIpc) is 3.44. The molecule has 10 heteroatoms. The lowest BCUT2D eigenvalue weighted by atomic mass is 9.35. The summed E-state index contributed by atoms with van der Waals surface area (Å²) in [5.74, 6) is 1.41. The van der Waals surface area contributed by atoms with Gasteiger partial charge in [0.1, 0.15) is 11.3 Å². The smallest absolute Gasteiger partial charge is 0.306 e. The van der Waals surface area contributed by atoms with E-state index >= 15 is 0 Å². The van der Waals surface area contributed by atoms with Crippen molar-refractivity contribution in [3.8, 4) is 0 Å². The Balaban J connectivity index is 1.03. The molecule has 324 valence electrons. The van der Waals surface area contributed by atoms with E-state index < -0.39 is 11.5 Å². The van der Waals surface area contributed by atoms with Crippen molar-refractivity contribution >= 4 is 29.4 Å². The molecule has 2 amide bonds. The molecule has 10 nitrogen and oxygen atoms in total. The van der Waals surface area contributed by atoms with Crippen LogP contribution in [0.1, 0.15) is 139 Å². The van der Waals surface area contributed by atoms with Crippen LogP contribution in [0.3, 0.4) is 0 Å². The summed E-state index contributed by atoms with van der Waals surface area (Å²) >= 11 is 0. The van der Waals surface area contributed by atoms with Crippen LogP contribution >= 0.6 is 0 Å². The fraction of sp³-hybridized carbons (Fsp3) is 0.854. The number of nitrogens with zero attached hydrogens (tertiary/aromatic N) is 1. The van der Waals surface area contributed by atoms with Crippen molar-refractivity contribution in [1.82, 2.24) is 15.5 Å². The number of carbonyl (C=O) groups excluding carboxylic acids is 4. The van der Waals surface area contributed by atoms with Crippen LogP contribution in [0, 0.1) is 74.9 Å². The second-order valence-corrected chi connectivity index (χ2v) is 22.3. The van der Waals surface area contributed by atoms with E-state index in [9.17, 15) is 29.1 Å². The maximum Gasteiger partial charge on any atom is 0.306 e. The quantitative estimate of drug-likeness (QED) is 0.188. The molecule has 11 unspecified atom stereocenters. The molecule has 3 N–H and O–H groups in total. The summed E-state index contributed by atoms with van der Waals surface area (Å²) < 4.78 is 5.41. The van der Waals surface area contributed by atoms with Gasteiger partial charge in [0.15, 0.2) is 5.78 Å². The Hall–Kier alpha value is -2.59. The molecule has 1 saturated heterocycles. The van der Waals surface area contributed by atoms with Crippen LogP contribution in [0.4, 0.5) is 0 Å². The Bertz CT molecular complexity index is 1690. The van der Waals surface area contributed by atoms with E-state index in [0.717, 1.165) is 56.9 Å². The second-order valence-electron chi connectivity index (χ2n) is 22.3. The number of morpholine rings is 1. The standard InChI is InChI=1S/C48H75N3O7/c1-28(2)40-36(53)26-48(18-19-49-43(57)45(6,7)50-39(54)27-51-20-22-58-23-21-51)17-13-34-31(41(40)48)10-11-38-46(34,8)16-14-37-44(4,5)30(12-15-47(37,38)9)24-35(52)32-25-33(29(32)3)42(55)56/h28-34,37-38H,10-27H2,1-9H3,(H,49,57)(H,50,54)(H,55,56). The van der Waals surface area contributed by atoms with E-state index in [0.29, 0.717) is 87.5 Å². The maximum atomic E-state index is 14.1. The summed E-state index contributed by atoms with van der Waals surface area (Å²) in [5.41, 5.74) is 1.60. The van der Waals surface area contributed by atoms with E-state index in [4.69, 9.17) is 4.74 Å². The third-order valence-corrected chi connectivity index (χ3v) is 18.3. The van der Waals surface area contributed by atoms with E-state index in [1.165, 1.54) is 12.0 Å². The van der Waals surface area contributed by atoms with Gasteiger partial charge in [-0.3, -0.25) is 28.9 Å². The third-order valence-electron chi connectivity index (χ3n) is 18.3. The number of ketones is 2. The van der Waals surface area contributed by atoms with Gasteiger partial charge < -0.3 is 20.5 Å². The Morgan fingerprint density at radius 3 is 2.26 bits per heavy atom. The van der Waals surface area contributed by atoms with Gasteiger partial charge >= 0.3 is 5.97 Å². The largest absolute Gasteiger partial charge is 0.481 e. The highest BCUT2D eigenvalue weighted by Gasteiger charge is 2.66. The van der Waals surface area contributed by atoms with Crippen LogP contribution in [-0.4, -0.2) is 84.3 Å². The van der Waals surface area contributed by atoms with Crippen molar-refractivity contribution in [3.63, 3.8) is 0 Å². The molecule has 0 aromatic carbocycles. The molecule has 58 heavy (non-hydrogen) atoms. The highest BCUT2D eigenvalue weighted by molar-refractivity contribution is 6.00. The number of rotatable bonds is 12. The Morgan fingerprint density at radius 1 is 0.914 bits per heavy atom. The molecule has 1 heterocycles. The summed E-state index contributed by atoms with van der Waals surface area (Å²) in [7, 11) is 0. The maximum absolute atomic E-state index is 14.1. The molecule has 7 rings (SSSR count). The van der Waals surface area contributed by atoms with Crippen LogP contribution < -0.4 is 10.6 Å². The first kappa shape index (κ1) is 43.5. The summed E-state index contributed by atoms with van der Waals surface area (Å²) in [4.78, 5) is 67.8. The number of hydrogen-bond donors (Lipinski definition) is 3. The predicted molar refractivity (Wildman–Crippen MR) is 223 cm³/mol. The zero-order valence-corrected chi connectivity index (χ0v) is 37.3. The van der Waals surface area contributed by atoms with Crippen LogP contribution in [0.25, 0.3) is 0 Å². The molecule has 0 aromatic heterocycles. The van der Waals surface area contributed by atoms with Crippen LogP contribution in [0.15, 0.2) is 11.1 Å². The SMILES string of the molecule is CC(C)C1=C2C3CCC4C(C)(CCC5C(C)(C)C(CC(=O)C6CC(C(=O)O)C6C)CCC54C)C3CCC2(CCNC(=O)C(C)(C)NC(=O)CN2CCOCC2)CC1=O. The highest BCUT2D eigenvalue weighted by atomic mass is 16.5. The van der Waals surface area contributed by atoms with Gasteiger partial charge in [-0.25, -0.2) is 0 Å². The molecule has 0 spiro atoms. The van der Waals surface area contributed by atoms with Crippen molar-refractivity contribution in [2.75, 3.05) is 39.4 Å². The molecular formula is C48H75N3O7. The number of nitrogens with one attached hydrogen (secondary N) is 2. The number of fused-ring (bicyclic) bond motifs is 7. The first-order valence-corrected chi connectivity index (χ1v) is 23.1. The lowest BCUT2D eigenvalue weighted by molar-refractivity contribution is -0.193. The molecule has 11 atom stereocenters. The Kier molecular flexibility index (Phi) is 11.8. The summed E-state index contributed by atoms with van der Waals surface area (Å²) in [6.07, 6.45) is 11.2. The monoisotopic (exact) mass is 806 g/mol. The second kappa shape index (κ2) is 15.7. The third kappa shape index (κ3) is 7.34. The number of allylic oxidation sites excluding steroid dienone is 2. The number of Topliss-reactive ketones (excluding diaryl/α,β-unsaturated/α-hetero) is 2. The normalized spacial score (nSPS) is 39.8. The number of carboxylic acid groups (broad SMARTS) is 1. The van der Waals surface area contributed by atoms with Gasteiger partial charge in [0, 0.05) is 43.8 Å². The van der Waals surface area contributed by atoms with Gasteiger partial charge in [-0.15, -0.1) is 0 Å². The highest BCUT2D eigenvalue weighted by Crippen LogP contribution is 2.74. The molecule has 5 saturated carbocycles. The predicted octanol–water partition coefficient (Wildman–Crippen LogP) is 7.24. The van der Waals surface area contributed by atoms with Crippen LogP contribution in [-0.2, 0) is 28.7 Å². The summed E-state index contributed by atoms with van der Waals surface area (Å²) in [6.45, 7) is 23.3. The molecule has 7 aliphatic rings. The van der Waals surface area contributed by atoms with E-state index in [1.807, 2.05) is 11.8 Å². The fourth-order valence-electron chi connectivity index (χ4n) is 15.2. The minimum Gasteiger partial charge on any atom is -0.481 e. The topological polar surface area (TPSA) is 142 Å². The molecule has 6 fully saturated rings. The lowest BCUT2D eigenvalue weighted by Crippen LogP contribution is -2.62. The van der Waals surface area contributed by atoms with Gasteiger partial charge in [0.2, 0.25) is 11.8 Å². The van der Waals surface area contributed by atoms with Crippen molar-refractivity contribution in [3.05, 3.63) is 11.1 Å². The van der Waals surface area contributed by atoms with Crippen molar-refractivity contribution in [1.29, 1.82) is 0 Å². The number of amides is 2. The van der Waals surface area contributed by atoms with Gasteiger partial charge in [-0.1, -0.05) is 54.0 Å². The first-order valence-electron chi connectivity index (χ1n) is 23.1. The number of ether oxygens (including phenoxy) is 1. The average molecular weight is 806 g/mol. The van der Waals surface area contributed by atoms with Crippen LogP contribution in [0.2, 0.25) is 0 Å². The summed E-state index contributed by atoms with van der Waals surface area (Å²) in [5, 5.41) is 15.7. The summed E-state index contributed by atoms with van der Waals surface area (Å²) in [6, 6.07) is 0. The number of aliphatic carboxylic acids is 1. The van der Waals surface area contributed by atoms with Gasteiger partial charge in [-0.2, -0.15) is 0 Å². The molecule has 1 aliphatic heterocycles. The fourth-order valence-corrected chi connectivity index (χ4v) is 15.2. The first-order chi connectivity index (χ1) is 27.2. The zero-order valence-electron chi connectivity index (χ0n) is 37.3. The van der Waals surface area contributed by atoms with Crippen molar-refractivity contribution in [2.24, 2.45) is 74.9 Å². The molecule has 0 bridgehead atoms. The van der Waals surface area contributed by atoms with Crippen molar-refractivity contribution < 1.29 is 33.8 Å². The van der Waals surface area contributed by atoms with E-state index in [2.05, 4.69) is 52.2 Å². The number of hydrogen-bond acceptors (Lipinski definition) is 7. The molecule has 0 radical (unpaired) electrons. The molecule has 0 aromatic rings. The van der Waals surface area contributed by atoms with E-state index in [-0.39, 0.29) is 69.5 Å². The number of carboxylic acids is 1. The molecular weight excluding hydrogens is 731 g/mol. The van der Waals surface area contributed by atoms with Gasteiger partial charge in [0.05, 0.1) is 25.7 Å². The van der Waals surface area contributed by atoms with Gasteiger partial charge in [-0.05, 0) is 141 Å². The Morgan fingerprint density at radius 2 is 1.60 bits per heavy atom.